The summed E-state index contributed by atoms with van der Waals surface area (Å²) in [5, 5.41) is 10.8. The minimum atomic E-state index is -3.89. The molecule has 21 heavy (non-hydrogen) atoms. The quantitative estimate of drug-likeness (QED) is 0.884. The van der Waals surface area contributed by atoms with Crippen LogP contribution < -0.4 is 14.6 Å². The second-order valence-electron chi connectivity index (χ2n) is 4.15. The van der Waals surface area contributed by atoms with E-state index in [0.29, 0.717) is 11.4 Å². The molecule has 6 nitrogen and oxygen atoms in total. The third-order valence-electron chi connectivity index (χ3n) is 2.70. The zero-order valence-electron chi connectivity index (χ0n) is 11.1. The Kier molecular flexibility index (Phi) is 4.13. The lowest BCUT2D eigenvalue weighted by Gasteiger charge is -2.10. The summed E-state index contributed by atoms with van der Waals surface area (Å²) < 4.78 is 31.8. The summed E-state index contributed by atoms with van der Waals surface area (Å²) in [6.07, 6.45) is 0. The van der Waals surface area contributed by atoms with Gasteiger partial charge in [-0.15, -0.1) is 0 Å². The highest BCUT2D eigenvalue weighted by molar-refractivity contribution is 7.92. The average molecular weight is 306 g/mol. The Morgan fingerprint density at radius 1 is 1.14 bits per heavy atom. The maximum atomic E-state index is 12.2. The number of hydrogen-bond donors (Lipinski definition) is 1. The number of carbonyl (C=O) groups excluding carboxylic acids is 1. The standard InChI is InChI=1S/C14H13NO5S/c1-20-12-6-3-5-11(9-12)15-21(18,19)13-7-2-4-10(8-13)14(16)17/h2-9,15H,1H3,(H,16,17)/p-1. The van der Waals surface area contributed by atoms with Gasteiger partial charge in [0.05, 0.1) is 23.7 Å². The van der Waals surface area contributed by atoms with Crippen molar-refractivity contribution in [1.29, 1.82) is 0 Å². The molecule has 0 aliphatic heterocycles. The van der Waals surface area contributed by atoms with Gasteiger partial charge >= 0.3 is 0 Å². The topological polar surface area (TPSA) is 95.5 Å². The maximum Gasteiger partial charge on any atom is 0.261 e. The highest BCUT2D eigenvalue weighted by atomic mass is 32.2. The molecule has 2 aromatic rings. The molecule has 2 aromatic carbocycles. The number of nitrogens with one attached hydrogen (secondary N) is 1. The van der Waals surface area contributed by atoms with Gasteiger partial charge in [-0.05, 0) is 29.8 Å². The van der Waals surface area contributed by atoms with E-state index in [-0.39, 0.29) is 10.5 Å². The fourth-order valence-corrected chi connectivity index (χ4v) is 2.79. The highest BCUT2D eigenvalue weighted by Crippen LogP contribution is 2.21. The molecule has 0 atom stereocenters. The van der Waals surface area contributed by atoms with Crippen molar-refractivity contribution in [2.24, 2.45) is 0 Å². The first-order valence-electron chi connectivity index (χ1n) is 5.90. The van der Waals surface area contributed by atoms with Crippen molar-refractivity contribution in [1.82, 2.24) is 0 Å². The number of sulfonamides is 1. The molecule has 0 aromatic heterocycles. The molecule has 1 N–H and O–H groups in total. The third-order valence-corrected chi connectivity index (χ3v) is 4.08. The molecule has 2 rings (SSSR count). The number of hydrogen-bond acceptors (Lipinski definition) is 5. The Hall–Kier alpha value is -2.54. The lowest BCUT2D eigenvalue weighted by Crippen LogP contribution is -2.23. The van der Waals surface area contributed by atoms with Gasteiger partial charge in [0.1, 0.15) is 5.75 Å². The van der Waals surface area contributed by atoms with Crippen LogP contribution in [-0.4, -0.2) is 21.5 Å². The first-order valence-corrected chi connectivity index (χ1v) is 7.39. The Labute approximate surface area is 122 Å². The van der Waals surface area contributed by atoms with E-state index >= 15 is 0 Å². The number of anilines is 1. The molecule has 110 valence electrons. The molecule has 0 heterocycles. The van der Waals surface area contributed by atoms with Gasteiger partial charge < -0.3 is 14.6 Å². The highest BCUT2D eigenvalue weighted by Gasteiger charge is 2.15. The lowest BCUT2D eigenvalue weighted by atomic mass is 10.2. The van der Waals surface area contributed by atoms with Crippen molar-refractivity contribution in [3.8, 4) is 5.75 Å². The SMILES string of the molecule is COc1cccc(NS(=O)(=O)c2cccc(C(=O)[O-])c2)c1. The lowest BCUT2D eigenvalue weighted by molar-refractivity contribution is -0.255. The van der Waals surface area contributed by atoms with E-state index in [1.54, 1.807) is 18.2 Å². The van der Waals surface area contributed by atoms with Crippen LogP contribution in [0.25, 0.3) is 0 Å². The van der Waals surface area contributed by atoms with E-state index in [4.69, 9.17) is 4.74 Å². The van der Waals surface area contributed by atoms with E-state index in [0.717, 1.165) is 6.07 Å². The summed E-state index contributed by atoms with van der Waals surface area (Å²) in [6, 6.07) is 11.3. The Morgan fingerprint density at radius 2 is 1.86 bits per heavy atom. The number of carbonyl (C=O) groups is 1. The van der Waals surface area contributed by atoms with Gasteiger partial charge in [0.2, 0.25) is 0 Å². The molecule has 0 amide bonds. The molecule has 7 heteroatoms. The Morgan fingerprint density at radius 3 is 2.52 bits per heavy atom. The molecule has 0 fully saturated rings. The second kappa shape index (κ2) is 5.84. The number of aromatic carboxylic acids is 1. The van der Waals surface area contributed by atoms with Crippen LogP contribution in [0.1, 0.15) is 10.4 Å². The van der Waals surface area contributed by atoms with Crippen LogP contribution in [0.15, 0.2) is 53.4 Å². The largest absolute Gasteiger partial charge is 0.545 e. The number of rotatable bonds is 5. The zero-order valence-corrected chi connectivity index (χ0v) is 11.9. The minimum Gasteiger partial charge on any atom is -0.545 e. The zero-order chi connectivity index (χ0) is 15.5. The minimum absolute atomic E-state index is 0.160. The monoisotopic (exact) mass is 306 g/mol. The predicted octanol–water partition coefficient (Wildman–Crippen LogP) is 0.859. The summed E-state index contributed by atoms with van der Waals surface area (Å²) in [7, 11) is -2.42. The molecule has 0 unspecified atom stereocenters. The summed E-state index contributed by atoms with van der Waals surface area (Å²) in [5.74, 6) is -0.938. The van der Waals surface area contributed by atoms with Gasteiger partial charge in [-0.2, -0.15) is 0 Å². The van der Waals surface area contributed by atoms with Gasteiger partial charge in [-0.3, -0.25) is 4.72 Å². The van der Waals surface area contributed by atoms with E-state index < -0.39 is 16.0 Å². The second-order valence-corrected chi connectivity index (χ2v) is 5.84. The summed E-state index contributed by atoms with van der Waals surface area (Å²) >= 11 is 0. The smallest absolute Gasteiger partial charge is 0.261 e. The Balaban J connectivity index is 2.33. The average Bonchev–Trinajstić information content (AvgIpc) is 2.47. The van der Waals surface area contributed by atoms with Crippen LogP contribution in [0.3, 0.4) is 0 Å². The van der Waals surface area contributed by atoms with E-state index in [2.05, 4.69) is 4.72 Å². The van der Waals surface area contributed by atoms with Crippen LogP contribution in [-0.2, 0) is 10.0 Å². The number of carboxylic acid groups (broad SMARTS) is 1. The van der Waals surface area contributed by atoms with Crippen LogP contribution in [0.2, 0.25) is 0 Å². The molecule has 0 spiro atoms. The number of carboxylic acids is 1. The summed E-state index contributed by atoms with van der Waals surface area (Å²) in [6.45, 7) is 0. The first-order chi connectivity index (χ1) is 9.92. The molecule has 0 saturated heterocycles. The van der Waals surface area contributed by atoms with Crippen molar-refractivity contribution in [3.05, 3.63) is 54.1 Å². The number of benzene rings is 2. The predicted molar refractivity (Wildman–Crippen MR) is 74.6 cm³/mol. The fourth-order valence-electron chi connectivity index (χ4n) is 1.69. The molecule has 0 aliphatic rings. The third kappa shape index (κ3) is 3.51. The maximum absolute atomic E-state index is 12.2. The van der Waals surface area contributed by atoms with Gasteiger partial charge in [0.25, 0.3) is 10.0 Å². The number of ether oxygens (including phenoxy) is 1. The number of methoxy groups -OCH3 is 1. The molecule has 0 aliphatic carbocycles. The van der Waals surface area contributed by atoms with Crippen LogP contribution in [0.4, 0.5) is 5.69 Å². The molecule has 0 saturated carbocycles. The van der Waals surface area contributed by atoms with Crippen LogP contribution in [0.5, 0.6) is 5.75 Å². The molecule has 0 radical (unpaired) electrons. The van der Waals surface area contributed by atoms with Gasteiger partial charge in [0.15, 0.2) is 0 Å². The Bertz CT molecular complexity index is 770. The molecule has 0 bridgehead atoms. The van der Waals surface area contributed by atoms with Crippen molar-refractivity contribution < 1.29 is 23.1 Å². The van der Waals surface area contributed by atoms with Crippen molar-refractivity contribution in [2.75, 3.05) is 11.8 Å². The van der Waals surface area contributed by atoms with E-state index in [1.165, 1.54) is 31.4 Å². The summed E-state index contributed by atoms with van der Waals surface area (Å²) in [5.41, 5.74) is 0.108. The fraction of sp³-hybridized carbons (Fsp3) is 0.0714. The van der Waals surface area contributed by atoms with Crippen molar-refractivity contribution in [3.63, 3.8) is 0 Å². The first kappa shape index (κ1) is 14.9. The van der Waals surface area contributed by atoms with Crippen molar-refractivity contribution in [2.45, 2.75) is 4.90 Å². The van der Waals surface area contributed by atoms with E-state index in [9.17, 15) is 18.3 Å². The van der Waals surface area contributed by atoms with Gasteiger partial charge in [-0.1, -0.05) is 18.2 Å². The molecular formula is C14H12NO5S-. The van der Waals surface area contributed by atoms with Gasteiger partial charge in [0, 0.05) is 6.07 Å². The normalized spacial score (nSPS) is 10.9. The van der Waals surface area contributed by atoms with Crippen LogP contribution >= 0.6 is 0 Å². The summed E-state index contributed by atoms with van der Waals surface area (Å²) in [4.78, 5) is 10.6. The van der Waals surface area contributed by atoms with E-state index in [1.807, 2.05) is 0 Å². The van der Waals surface area contributed by atoms with Crippen LogP contribution in [0, 0.1) is 0 Å². The van der Waals surface area contributed by atoms with Gasteiger partial charge in [-0.25, -0.2) is 8.42 Å². The molecular weight excluding hydrogens is 294 g/mol. The van der Waals surface area contributed by atoms with Crippen molar-refractivity contribution >= 4 is 21.7 Å².